The second kappa shape index (κ2) is 5.19. The van der Waals surface area contributed by atoms with Crippen LogP contribution < -0.4 is 10.6 Å². The Morgan fingerprint density at radius 2 is 2.18 bits per heavy atom. The zero-order valence-electron chi connectivity index (χ0n) is 9.99. The fourth-order valence-corrected chi connectivity index (χ4v) is 2.02. The minimum atomic E-state index is 0.0638. The zero-order chi connectivity index (χ0) is 12.3. The molecule has 2 aromatic rings. The average molecular weight is 248 g/mol. The van der Waals surface area contributed by atoms with Crippen LogP contribution in [0.3, 0.4) is 0 Å². The monoisotopic (exact) mass is 248 g/mol. The summed E-state index contributed by atoms with van der Waals surface area (Å²) in [4.78, 5) is 0. The summed E-state index contributed by atoms with van der Waals surface area (Å²) in [5, 5.41) is 8.01. The molecule has 90 valence electrons. The first kappa shape index (κ1) is 11.9. The number of thiocarbonyl (C=S) groups is 1. The third-order valence-corrected chi connectivity index (χ3v) is 2.82. The Balaban J connectivity index is 2.13. The van der Waals surface area contributed by atoms with Gasteiger partial charge in [0.25, 0.3) is 0 Å². The molecule has 0 saturated heterocycles. The van der Waals surface area contributed by atoms with Gasteiger partial charge in [-0.05, 0) is 38.2 Å². The van der Waals surface area contributed by atoms with E-state index in [4.69, 9.17) is 16.6 Å². The number of hydrogen-bond acceptors (Lipinski definition) is 2. The van der Waals surface area contributed by atoms with Crippen molar-refractivity contribution >= 4 is 28.3 Å². The van der Waals surface area contributed by atoms with Gasteiger partial charge in [0, 0.05) is 11.9 Å². The van der Waals surface area contributed by atoms with Crippen molar-refractivity contribution in [2.75, 3.05) is 6.54 Å². The molecule has 1 aromatic carbocycles. The molecule has 2 N–H and O–H groups in total. The predicted molar refractivity (Wildman–Crippen MR) is 74.0 cm³/mol. The number of furan rings is 1. The summed E-state index contributed by atoms with van der Waals surface area (Å²) in [6.07, 6.45) is 0. The molecule has 2 rings (SSSR count). The molecular weight excluding hydrogens is 232 g/mol. The first-order valence-electron chi connectivity index (χ1n) is 5.73. The Morgan fingerprint density at radius 3 is 2.88 bits per heavy atom. The van der Waals surface area contributed by atoms with Crippen LogP contribution in [0.2, 0.25) is 0 Å². The highest BCUT2D eigenvalue weighted by molar-refractivity contribution is 7.80. The summed E-state index contributed by atoms with van der Waals surface area (Å²) in [5.41, 5.74) is 0.908. The van der Waals surface area contributed by atoms with Crippen molar-refractivity contribution in [2.45, 2.75) is 19.9 Å². The van der Waals surface area contributed by atoms with Crippen molar-refractivity contribution in [3.05, 3.63) is 36.1 Å². The Kier molecular flexibility index (Phi) is 3.64. The molecule has 0 aliphatic carbocycles. The number of rotatable bonds is 3. The van der Waals surface area contributed by atoms with E-state index in [0.29, 0.717) is 5.11 Å². The van der Waals surface area contributed by atoms with Gasteiger partial charge in [0.1, 0.15) is 11.3 Å². The molecule has 0 aliphatic heterocycles. The van der Waals surface area contributed by atoms with E-state index in [9.17, 15) is 0 Å². The lowest BCUT2D eigenvalue weighted by molar-refractivity contribution is 0.490. The summed E-state index contributed by atoms with van der Waals surface area (Å²) in [5.74, 6) is 0.895. The summed E-state index contributed by atoms with van der Waals surface area (Å²) in [6, 6.07) is 10.1. The van der Waals surface area contributed by atoms with E-state index in [2.05, 4.69) is 10.6 Å². The van der Waals surface area contributed by atoms with Crippen molar-refractivity contribution < 1.29 is 4.42 Å². The van der Waals surface area contributed by atoms with Crippen LogP contribution in [0.15, 0.2) is 34.7 Å². The van der Waals surface area contributed by atoms with Crippen LogP contribution in [0.25, 0.3) is 11.0 Å². The lowest BCUT2D eigenvalue weighted by Crippen LogP contribution is -2.36. The third-order valence-electron chi connectivity index (χ3n) is 2.56. The molecule has 1 heterocycles. The van der Waals surface area contributed by atoms with Crippen LogP contribution in [0.1, 0.15) is 25.6 Å². The molecule has 0 saturated carbocycles. The van der Waals surface area contributed by atoms with Crippen molar-refractivity contribution in [1.82, 2.24) is 10.6 Å². The van der Waals surface area contributed by atoms with Crippen molar-refractivity contribution in [3.8, 4) is 0 Å². The molecule has 0 unspecified atom stereocenters. The van der Waals surface area contributed by atoms with Crippen LogP contribution >= 0.6 is 12.2 Å². The highest BCUT2D eigenvalue weighted by Crippen LogP contribution is 2.23. The Labute approximate surface area is 106 Å². The van der Waals surface area contributed by atoms with Gasteiger partial charge in [0.05, 0.1) is 6.04 Å². The molecule has 0 fully saturated rings. The SMILES string of the molecule is CCNC(=S)N[C@@H](C)c1cc2ccccc2o1. The molecule has 17 heavy (non-hydrogen) atoms. The van der Waals surface area contributed by atoms with Crippen molar-refractivity contribution in [2.24, 2.45) is 0 Å². The highest BCUT2D eigenvalue weighted by atomic mass is 32.1. The Bertz CT molecular complexity index is 488. The first-order chi connectivity index (χ1) is 8.20. The van der Waals surface area contributed by atoms with Crippen LogP contribution in [-0.2, 0) is 0 Å². The molecule has 0 bridgehead atoms. The van der Waals surface area contributed by atoms with Gasteiger partial charge in [-0.1, -0.05) is 18.2 Å². The van der Waals surface area contributed by atoms with Gasteiger partial charge in [-0.15, -0.1) is 0 Å². The molecule has 0 spiro atoms. The largest absolute Gasteiger partial charge is 0.459 e. The summed E-state index contributed by atoms with van der Waals surface area (Å²) >= 11 is 5.15. The van der Waals surface area contributed by atoms with Gasteiger partial charge in [-0.25, -0.2) is 0 Å². The van der Waals surface area contributed by atoms with Gasteiger partial charge in [-0.3, -0.25) is 0 Å². The maximum atomic E-state index is 5.76. The molecule has 1 aromatic heterocycles. The number of benzene rings is 1. The number of para-hydroxylation sites is 1. The van der Waals surface area contributed by atoms with Crippen LogP contribution in [0.4, 0.5) is 0 Å². The summed E-state index contributed by atoms with van der Waals surface area (Å²) in [7, 11) is 0. The summed E-state index contributed by atoms with van der Waals surface area (Å²) in [6.45, 7) is 4.86. The van der Waals surface area contributed by atoms with Gasteiger partial charge in [0.15, 0.2) is 5.11 Å². The molecule has 0 amide bonds. The molecule has 4 heteroatoms. The maximum Gasteiger partial charge on any atom is 0.166 e. The summed E-state index contributed by atoms with van der Waals surface area (Å²) < 4.78 is 5.76. The van der Waals surface area contributed by atoms with Crippen LogP contribution in [0, 0.1) is 0 Å². The lowest BCUT2D eigenvalue weighted by atomic mass is 10.2. The maximum absolute atomic E-state index is 5.76. The van der Waals surface area contributed by atoms with E-state index in [0.717, 1.165) is 23.3 Å². The minimum Gasteiger partial charge on any atom is -0.459 e. The van der Waals surface area contributed by atoms with Crippen LogP contribution in [0.5, 0.6) is 0 Å². The molecule has 0 aliphatic rings. The van der Waals surface area contributed by atoms with E-state index < -0.39 is 0 Å². The molecular formula is C13H16N2OS. The third kappa shape index (κ3) is 2.77. The van der Waals surface area contributed by atoms with Gasteiger partial charge in [0.2, 0.25) is 0 Å². The van der Waals surface area contributed by atoms with Gasteiger partial charge >= 0.3 is 0 Å². The minimum absolute atomic E-state index is 0.0638. The van der Waals surface area contributed by atoms with E-state index in [1.54, 1.807) is 0 Å². The normalized spacial score (nSPS) is 12.4. The fourth-order valence-electron chi connectivity index (χ4n) is 1.70. The zero-order valence-corrected chi connectivity index (χ0v) is 10.8. The second-order valence-corrected chi connectivity index (χ2v) is 4.32. The van der Waals surface area contributed by atoms with Gasteiger partial charge in [-0.2, -0.15) is 0 Å². The van der Waals surface area contributed by atoms with E-state index in [1.165, 1.54) is 0 Å². The van der Waals surface area contributed by atoms with Gasteiger partial charge < -0.3 is 15.1 Å². The smallest absolute Gasteiger partial charge is 0.166 e. The topological polar surface area (TPSA) is 37.2 Å². The number of fused-ring (bicyclic) bond motifs is 1. The first-order valence-corrected chi connectivity index (χ1v) is 6.14. The van der Waals surface area contributed by atoms with Crippen molar-refractivity contribution in [1.29, 1.82) is 0 Å². The van der Waals surface area contributed by atoms with Crippen molar-refractivity contribution in [3.63, 3.8) is 0 Å². The molecule has 1 atom stereocenters. The fraction of sp³-hybridized carbons (Fsp3) is 0.308. The van der Waals surface area contributed by atoms with Crippen LogP contribution in [-0.4, -0.2) is 11.7 Å². The standard InChI is InChI=1S/C13H16N2OS/c1-3-14-13(17)15-9(2)12-8-10-6-4-5-7-11(10)16-12/h4-9H,3H2,1-2H3,(H2,14,15,17)/t9-/m0/s1. The van der Waals surface area contributed by atoms with E-state index >= 15 is 0 Å². The van der Waals surface area contributed by atoms with E-state index in [1.807, 2.05) is 44.2 Å². The second-order valence-electron chi connectivity index (χ2n) is 3.91. The average Bonchev–Trinajstić information content (AvgIpc) is 2.72. The molecule has 3 nitrogen and oxygen atoms in total. The number of nitrogens with one attached hydrogen (secondary N) is 2. The Morgan fingerprint density at radius 1 is 1.41 bits per heavy atom. The lowest BCUT2D eigenvalue weighted by Gasteiger charge is -2.13. The number of hydrogen-bond donors (Lipinski definition) is 2. The highest BCUT2D eigenvalue weighted by Gasteiger charge is 2.11. The quantitative estimate of drug-likeness (QED) is 0.819. The Hall–Kier alpha value is -1.55. The molecule has 0 radical (unpaired) electrons. The predicted octanol–water partition coefficient (Wildman–Crippen LogP) is 2.98. The van der Waals surface area contributed by atoms with E-state index in [-0.39, 0.29) is 6.04 Å².